The highest BCUT2D eigenvalue weighted by atomic mass is 79.9. The molecule has 1 nitrogen and oxygen atoms in total. The summed E-state index contributed by atoms with van der Waals surface area (Å²) >= 11 is 3.16. The van der Waals surface area contributed by atoms with Crippen LogP contribution in [-0.4, -0.2) is 11.2 Å². The van der Waals surface area contributed by atoms with E-state index in [-0.39, 0.29) is 11.9 Å². The Morgan fingerprint density at radius 2 is 2.20 bits per heavy atom. The molecule has 0 aromatic heterocycles. The molecule has 1 aromatic carbocycles. The molecule has 2 rings (SSSR count). The third-order valence-electron chi connectivity index (χ3n) is 2.91. The Bertz CT molecular complexity index is 349. The molecule has 1 unspecified atom stereocenters. The van der Waals surface area contributed by atoms with Gasteiger partial charge in [-0.05, 0) is 59.2 Å². The Labute approximate surface area is 97.4 Å². The summed E-state index contributed by atoms with van der Waals surface area (Å²) in [7, 11) is 0. The van der Waals surface area contributed by atoms with Crippen molar-refractivity contribution in [1.29, 1.82) is 0 Å². The molecule has 1 aliphatic rings. The Kier molecular flexibility index (Phi) is 3.42. The SMILES string of the molecule is OC(CCc1cccc(Br)c1F)C1CC1. The van der Waals surface area contributed by atoms with Crippen LogP contribution in [0.3, 0.4) is 0 Å². The maximum Gasteiger partial charge on any atom is 0.140 e. The van der Waals surface area contributed by atoms with Gasteiger partial charge in [0.2, 0.25) is 0 Å². The molecule has 0 saturated heterocycles. The van der Waals surface area contributed by atoms with Crippen LogP contribution < -0.4 is 0 Å². The third kappa shape index (κ3) is 2.79. The molecule has 0 bridgehead atoms. The van der Waals surface area contributed by atoms with Gasteiger partial charge in [0.25, 0.3) is 0 Å². The summed E-state index contributed by atoms with van der Waals surface area (Å²) in [6, 6.07) is 5.29. The van der Waals surface area contributed by atoms with Crippen molar-refractivity contribution in [3.63, 3.8) is 0 Å². The highest BCUT2D eigenvalue weighted by Crippen LogP contribution is 2.34. The van der Waals surface area contributed by atoms with Gasteiger partial charge in [-0.3, -0.25) is 0 Å². The summed E-state index contributed by atoms with van der Waals surface area (Å²) in [5.74, 6) is 0.278. The van der Waals surface area contributed by atoms with Crippen LogP contribution in [0.1, 0.15) is 24.8 Å². The molecule has 0 amide bonds. The van der Waals surface area contributed by atoms with Gasteiger partial charge in [0.15, 0.2) is 0 Å². The first-order valence-electron chi connectivity index (χ1n) is 5.29. The maximum atomic E-state index is 13.5. The Hall–Kier alpha value is -0.410. The van der Waals surface area contributed by atoms with Crippen LogP contribution in [-0.2, 0) is 6.42 Å². The van der Waals surface area contributed by atoms with Gasteiger partial charge >= 0.3 is 0 Å². The van der Waals surface area contributed by atoms with Gasteiger partial charge in [-0.25, -0.2) is 4.39 Å². The molecule has 0 spiro atoms. The summed E-state index contributed by atoms with van der Waals surface area (Å²) in [5, 5.41) is 9.68. The van der Waals surface area contributed by atoms with Crippen LogP contribution >= 0.6 is 15.9 Å². The molecule has 1 saturated carbocycles. The molecule has 0 heterocycles. The molecular weight excluding hydrogens is 259 g/mol. The van der Waals surface area contributed by atoms with Crippen molar-refractivity contribution in [2.45, 2.75) is 31.8 Å². The molecule has 1 aliphatic carbocycles. The Morgan fingerprint density at radius 3 is 2.87 bits per heavy atom. The largest absolute Gasteiger partial charge is 0.393 e. The van der Waals surface area contributed by atoms with Crippen LogP contribution in [0.25, 0.3) is 0 Å². The normalized spacial score (nSPS) is 17.8. The van der Waals surface area contributed by atoms with Crippen molar-refractivity contribution in [2.75, 3.05) is 0 Å². The zero-order chi connectivity index (χ0) is 10.8. The zero-order valence-electron chi connectivity index (χ0n) is 8.42. The average Bonchev–Trinajstić information content (AvgIpc) is 3.03. The van der Waals surface area contributed by atoms with E-state index in [0.29, 0.717) is 28.8 Å². The van der Waals surface area contributed by atoms with E-state index in [4.69, 9.17) is 0 Å². The molecule has 0 radical (unpaired) electrons. The Morgan fingerprint density at radius 1 is 1.47 bits per heavy atom. The number of aliphatic hydroxyl groups excluding tert-OH is 1. The highest BCUT2D eigenvalue weighted by molar-refractivity contribution is 9.10. The number of hydrogen-bond acceptors (Lipinski definition) is 1. The first-order chi connectivity index (χ1) is 7.18. The van der Waals surface area contributed by atoms with Gasteiger partial charge in [0, 0.05) is 0 Å². The second-order valence-electron chi connectivity index (χ2n) is 4.16. The van der Waals surface area contributed by atoms with Gasteiger partial charge in [-0.15, -0.1) is 0 Å². The van der Waals surface area contributed by atoms with E-state index in [0.717, 1.165) is 12.8 Å². The van der Waals surface area contributed by atoms with Gasteiger partial charge < -0.3 is 5.11 Å². The molecule has 1 atom stereocenters. The number of hydrogen-bond donors (Lipinski definition) is 1. The van der Waals surface area contributed by atoms with Crippen LogP contribution in [0.2, 0.25) is 0 Å². The fourth-order valence-corrected chi connectivity index (χ4v) is 2.17. The predicted octanol–water partition coefficient (Wildman–Crippen LogP) is 3.29. The summed E-state index contributed by atoms with van der Waals surface area (Å²) in [4.78, 5) is 0. The van der Waals surface area contributed by atoms with Gasteiger partial charge in [-0.1, -0.05) is 12.1 Å². The minimum Gasteiger partial charge on any atom is -0.393 e. The number of aliphatic hydroxyl groups is 1. The maximum absolute atomic E-state index is 13.5. The van der Waals surface area contributed by atoms with Crippen molar-refractivity contribution in [3.8, 4) is 0 Å². The summed E-state index contributed by atoms with van der Waals surface area (Å²) < 4.78 is 14.0. The third-order valence-corrected chi connectivity index (χ3v) is 3.52. The first-order valence-corrected chi connectivity index (χ1v) is 6.08. The van der Waals surface area contributed by atoms with Crippen molar-refractivity contribution < 1.29 is 9.50 Å². The minimum absolute atomic E-state index is 0.194. The number of halogens is 2. The van der Waals surface area contributed by atoms with E-state index in [9.17, 15) is 9.50 Å². The fourth-order valence-electron chi connectivity index (χ4n) is 1.76. The quantitative estimate of drug-likeness (QED) is 0.892. The fraction of sp³-hybridized carbons (Fsp3) is 0.500. The second-order valence-corrected chi connectivity index (χ2v) is 5.01. The second kappa shape index (κ2) is 4.62. The topological polar surface area (TPSA) is 20.2 Å². The van der Waals surface area contributed by atoms with Crippen LogP contribution in [0.5, 0.6) is 0 Å². The summed E-state index contributed by atoms with van der Waals surface area (Å²) in [6.45, 7) is 0. The van der Waals surface area contributed by atoms with Crippen molar-refractivity contribution in [1.82, 2.24) is 0 Å². The number of aryl methyl sites for hydroxylation is 1. The van der Waals surface area contributed by atoms with Gasteiger partial charge in [0.05, 0.1) is 10.6 Å². The van der Waals surface area contributed by atoms with Crippen LogP contribution in [0, 0.1) is 11.7 Å². The lowest BCUT2D eigenvalue weighted by Gasteiger charge is -2.09. The molecule has 0 aliphatic heterocycles. The van der Waals surface area contributed by atoms with Gasteiger partial charge in [0.1, 0.15) is 5.82 Å². The highest BCUT2D eigenvalue weighted by Gasteiger charge is 2.29. The molecular formula is C12H14BrFO. The lowest BCUT2D eigenvalue weighted by atomic mass is 10.0. The van der Waals surface area contributed by atoms with Gasteiger partial charge in [-0.2, -0.15) is 0 Å². The lowest BCUT2D eigenvalue weighted by Crippen LogP contribution is -2.10. The zero-order valence-corrected chi connectivity index (χ0v) is 10.0. The molecule has 1 N–H and O–H groups in total. The number of rotatable bonds is 4. The van der Waals surface area contributed by atoms with Crippen molar-refractivity contribution in [2.24, 2.45) is 5.92 Å². The van der Waals surface area contributed by atoms with Crippen molar-refractivity contribution >= 4 is 15.9 Å². The standard InChI is InChI=1S/C12H14BrFO/c13-10-3-1-2-9(12(10)14)6-7-11(15)8-4-5-8/h1-3,8,11,15H,4-7H2. The lowest BCUT2D eigenvalue weighted by molar-refractivity contribution is 0.141. The average molecular weight is 273 g/mol. The first kappa shape index (κ1) is 11.1. The van der Waals surface area contributed by atoms with E-state index in [1.165, 1.54) is 0 Å². The molecule has 1 fully saturated rings. The molecule has 3 heteroatoms. The van der Waals surface area contributed by atoms with Crippen LogP contribution in [0.15, 0.2) is 22.7 Å². The molecule has 1 aromatic rings. The smallest absolute Gasteiger partial charge is 0.140 e. The van der Waals surface area contributed by atoms with E-state index in [1.54, 1.807) is 12.1 Å². The van der Waals surface area contributed by atoms with Crippen LogP contribution in [0.4, 0.5) is 4.39 Å². The molecule has 82 valence electrons. The van der Waals surface area contributed by atoms with E-state index >= 15 is 0 Å². The predicted molar refractivity (Wildman–Crippen MR) is 61.2 cm³/mol. The minimum atomic E-state index is -0.247. The summed E-state index contributed by atoms with van der Waals surface area (Å²) in [5.41, 5.74) is 0.684. The van der Waals surface area contributed by atoms with E-state index in [2.05, 4.69) is 15.9 Å². The Balaban J connectivity index is 1.95. The van der Waals surface area contributed by atoms with E-state index in [1.807, 2.05) is 6.07 Å². The monoisotopic (exact) mass is 272 g/mol. The van der Waals surface area contributed by atoms with E-state index < -0.39 is 0 Å². The summed E-state index contributed by atoms with van der Waals surface area (Å²) in [6.07, 6.45) is 3.29. The molecule has 15 heavy (non-hydrogen) atoms. The number of benzene rings is 1. The van der Waals surface area contributed by atoms with Crippen molar-refractivity contribution in [3.05, 3.63) is 34.1 Å².